The van der Waals surface area contributed by atoms with Crippen molar-refractivity contribution in [2.75, 3.05) is 19.1 Å². The van der Waals surface area contributed by atoms with E-state index in [1.807, 2.05) is 0 Å². The summed E-state index contributed by atoms with van der Waals surface area (Å²) in [5.74, 6) is -0.556. The molecule has 2 aliphatic heterocycles. The second-order valence-electron chi connectivity index (χ2n) is 5.50. The van der Waals surface area contributed by atoms with Crippen LogP contribution in [0.2, 0.25) is 0 Å². The fraction of sp³-hybridized carbons (Fsp3) is 0.846. The van der Waals surface area contributed by atoms with Crippen LogP contribution in [0.25, 0.3) is 0 Å². The Labute approximate surface area is 126 Å². The number of carbonyl (C=O) groups excluding carboxylic acids is 2. The quantitative estimate of drug-likeness (QED) is 0.310. The number of halogens is 1. The minimum atomic E-state index is -1.01. The number of amides is 1. The molecule has 0 aromatic rings. The van der Waals surface area contributed by atoms with Crippen molar-refractivity contribution in [3.8, 4) is 0 Å². The van der Waals surface area contributed by atoms with E-state index in [2.05, 4.69) is 16.3 Å². The molecule has 0 N–H and O–H groups in total. The third-order valence-corrected chi connectivity index (χ3v) is 5.34. The van der Waals surface area contributed by atoms with Gasteiger partial charge in [0.1, 0.15) is 0 Å². The van der Waals surface area contributed by atoms with Gasteiger partial charge >= 0.3 is 5.97 Å². The van der Waals surface area contributed by atoms with Crippen LogP contribution in [0.1, 0.15) is 33.1 Å². The first-order chi connectivity index (χ1) is 9.45. The Balaban J connectivity index is 2.19. The smallest absolute Gasteiger partial charge is 0.339 e. The lowest BCUT2D eigenvalue weighted by atomic mass is 9.71. The molecule has 0 aliphatic carbocycles. The minimum Gasteiger partial charge on any atom is -0.453 e. The van der Waals surface area contributed by atoms with Crippen LogP contribution in [0.3, 0.4) is 0 Å². The van der Waals surface area contributed by atoms with Gasteiger partial charge in [-0.15, -0.1) is 11.6 Å². The molecule has 5 nitrogen and oxygen atoms in total. The van der Waals surface area contributed by atoms with E-state index >= 15 is 0 Å². The standard InChI is InChI=1S/C13H21ClNO4P/c1-3-4-7-18-8-13-11(17)19-12(13,2)9(5-6-14)10(16)15(13)20/h9H,3-8,20H2,1-2H3/t9-,12+,13?/m1/s1. The van der Waals surface area contributed by atoms with Crippen LogP contribution in [0.4, 0.5) is 0 Å². The van der Waals surface area contributed by atoms with Crippen LogP contribution in [0, 0.1) is 5.92 Å². The SMILES string of the molecule is CCCCOCC12C(=O)O[C@@]1(C)[C@H](CCCl)C(=O)N2P. The Morgan fingerprint density at radius 1 is 1.50 bits per heavy atom. The fourth-order valence-electron chi connectivity index (χ4n) is 3.05. The number of hydrogen-bond donors (Lipinski definition) is 0. The normalized spacial score (nSPS) is 35.8. The number of unbranched alkanes of at least 4 members (excludes halogenated alkanes) is 1. The zero-order chi connectivity index (χ0) is 15.0. The Morgan fingerprint density at radius 2 is 2.20 bits per heavy atom. The number of hydrogen-bond acceptors (Lipinski definition) is 4. The van der Waals surface area contributed by atoms with Gasteiger partial charge in [0.2, 0.25) is 11.4 Å². The molecule has 2 aliphatic rings. The Morgan fingerprint density at radius 3 is 2.75 bits per heavy atom. The highest BCUT2D eigenvalue weighted by atomic mass is 35.5. The summed E-state index contributed by atoms with van der Waals surface area (Å²) in [5.41, 5.74) is -1.86. The maximum atomic E-state index is 12.4. The lowest BCUT2D eigenvalue weighted by Gasteiger charge is -2.53. The predicted molar refractivity (Wildman–Crippen MR) is 78.3 cm³/mol. The maximum Gasteiger partial charge on any atom is 0.339 e. The van der Waals surface area contributed by atoms with Gasteiger partial charge in [0.05, 0.1) is 12.5 Å². The van der Waals surface area contributed by atoms with Crippen molar-refractivity contribution in [2.45, 2.75) is 44.2 Å². The van der Waals surface area contributed by atoms with Crippen molar-refractivity contribution in [1.29, 1.82) is 0 Å². The molecular weight excluding hydrogens is 301 g/mol. The van der Waals surface area contributed by atoms with Gasteiger partial charge in [-0.05, 0) is 29.2 Å². The molecule has 1 amide bonds. The van der Waals surface area contributed by atoms with E-state index in [4.69, 9.17) is 21.1 Å². The maximum absolute atomic E-state index is 12.4. The van der Waals surface area contributed by atoms with Crippen molar-refractivity contribution in [3.63, 3.8) is 0 Å². The zero-order valence-electron chi connectivity index (χ0n) is 11.9. The van der Waals surface area contributed by atoms with E-state index in [-0.39, 0.29) is 12.5 Å². The summed E-state index contributed by atoms with van der Waals surface area (Å²) in [4.78, 5) is 24.4. The van der Waals surface area contributed by atoms with Gasteiger partial charge in [0.25, 0.3) is 0 Å². The van der Waals surface area contributed by atoms with Gasteiger partial charge in [-0.3, -0.25) is 4.79 Å². The van der Waals surface area contributed by atoms with Gasteiger partial charge in [-0.2, -0.15) is 0 Å². The second-order valence-corrected chi connectivity index (χ2v) is 6.40. The molecule has 114 valence electrons. The fourth-order valence-corrected chi connectivity index (χ4v) is 3.89. The Hall–Kier alpha value is -0.380. The summed E-state index contributed by atoms with van der Waals surface area (Å²) in [7, 11) is 2.35. The van der Waals surface area contributed by atoms with E-state index in [0.717, 1.165) is 12.8 Å². The Kier molecular flexibility index (Phi) is 4.63. The van der Waals surface area contributed by atoms with Crippen molar-refractivity contribution in [3.05, 3.63) is 0 Å². The van der Waals surface area contributed by atoms with Crippen LogP contribution in [0.5, 0.6) is 0 Å². The summed E-state index contributed by atoms with van der Waals surface area (Å²) in [6.45, 7) is 4.63. The van der Waals surface area contributed by atoms with Crippen LogP contribution >= 0.6 is 21.0 Å². The first-order valence-electron chi connectivity index (χ1n) is 6.91. The largest absolute Gasteiger partial charge is 0.453 e. The summed E-state index contributed by atoms with van der Waals surface area (Å²) in [6, 6.07) is 0. The van der Waals surface area contributed by atoms with E-state index in [9.17, 15) is 9.59 Å². The molecule has 0 bridgehead atoms. The van der Waals surface area contributed by atoms with E-state index in [1.165, 1.54) is 4.67 Å². The minimum absolute atomic E-state index is 0.122. The summed E-state index contributed by atoms with van der Waals surface area (Å²) >= 11 is 5.77. The van der Waals surface area contributed by atoms with E-state index in [1.54, 1.807) is 6.92 Å². The molecule has 0 aromatic heterocycles. The average Bonchev–Trinajstić information content (AvgIpc) is 2.53. The monoisotopic (exact) mass is 321 g/mol. The van der Waals surface area contributed by atoms with E-state index < -0.39 is 23.0 Å². The summed E-state index contributed by atoms with van der Waals surface area (Å²) in [5, 5.41) is 0. The lowest BCUT2D eigenvalue weighted by molar-refractivity contribution is -0.235. The van der Waals surface area contributed by atoms with Crippen LogP contribution in [-0.2, 0) is 19.1 Å². The highest BCUT2D eigenvalue weighted by Gasteiger charge is 2.79. The molecule has 2 saturated heterocycles. The van der Waals surface area contributed by atoms with Gasteiger partial charge in [0, 0.05) is 12.5 Å². The third-order valence-electron chi connectivity index (χ3n) is 4.43. The highest BCUT2D eigenvalue weighted by Crippen LogP contribution is 2.56. The van der Waals surface area contributed by atoms with Crippen molar-refractivity contribution < 1.29 is 19.1 Å². The summed E-state index contributed by atoms with van der Waals surface area (Å²) < 4.78 is 12.4. The molecule has 0 saturated carbocycles. The number of ether oxygens (including phenoxy) is 2. The first kappa shape index (κ1) is 16.0. The van der Waals surface area contributed by atoms with Crippen molar-refractivity contribution in [2.24, 2.45) is 5.92 Å². The summed E-state index contributed by atoms with van der Waals surface area (Å²) in [6.07, 6.45) is 2.44. The number of rotatable bonds is 7. The first-order valence-corrected chi connectivity index (χ1v) is 7.96. The zero-order valence-corrected chi connectivity index (χ0v) is 13.8. The predicted octanol–water partition coefficient (Wildman–Crippen LogP) is 1.73. The Bertz CT molecular complexity index is 421. The second kappa shape index (κ2) is 5.78. The number of carbonyl (C=O) groups is 2. The molecule has 4 atom stereocenters. The van der Waals surface area contributed by atoms with Gasteiger partial charge in [-0.1, -0.05) is 13.3 Å². The lowest BCUT2D eigenvalue weighted by Crippen LogP contribution is -2.75. The van der Waals surface area contributed by atoms with Gasteiger partial charge in [-0.25, -0.2) is 4.79 Å². The van der Waals surface area contributed by atoms with Crippen molar-refractivity contribution >= 4 is 32.9 Å². The van der Waals surface area contributed by atoms with Gasteiger partial charge < -0.3 is 14.1 Å². The molecule has 0 aromatic carbocycles. The molecule has 2 heterocycles. The molecule has 2 rings (SSSR count). The molecule has 2 unspecified atom stereocenters. The van der Waals surface area contributed by atoms with Crippen LogP contribution in [0.15, 0.2) is 0 Å². The topological polar surface area (TPSA) is 55.8 Å². The van der Waals surface area contributed by atoms with Crippen LogP contribution in [-0.4, -0.2) is 46.8 Å². The van der Waals surface area contributed by atoms with Crippen molar-refractivity contribution in [1.82, 2.24) is 4.67 Å². The van der Waals surface area contributed by atoms with E-state index in [0.29, 0.717) is 18.9 Å². The molecule has 2 fully saturated rings. The number of alkyl halides is 1. The van der Waals surface area contributed by atoms with Crippen LogP contribution < -0.4 is 0 Å². The number of fused-ring (bicyclic) bond motifs is 1. The number of esters is 1. The highest BCUT2D eigenvalue weighted by molar-refractivity contribution is 7.15. The number of nitrogens with zero attached hydrogens (tertiary/aromatic N) is 1. The third kappa shape index (κ3) is 1.98. The molecule has 0 radical (unpaired) electrons. The molecular formula is C13H21ClNO4P. The molecule has 7 heteroatoms. The molecule has 0 spiro atoms. The molecule has 20 heavy (non-hydrogen) atoms. The average molecular weight is 322 g/mol. The van der Waals surface area contributed by atoms with Gasteiger partial charge in [0.15, 0.2) is 5.60 Å².